The fourth-order valence-corrected chi connectivity index (χ4v) is 8.64. The molecule has 0 aliphatic heterocycles. The molecule has 0 aromatic carbocycles. The summed E-state index contributed by atoms with van der Waals surface area (Å²) in [5.74, 6) is -0.311. The zero-order chi connectivity index (χ0) is 48.3. The lowest BCUT2D eigenvalue weighted by Crippen LogP contribution is -2.37. The highest BCUT2D eigenvalue weighted by Crippen LogP contribution is 2.43. The van der Waals surface area contributed by atoms with Gasteiger partial charge in [0.1, 0.15) is 19.3 Å². The molecule has 0 aliphatic rings. The predicted molar refractivity (Wildman–Crippen MR) is 284 cm³/mol. The van der Waals surface area contributed by atoms with Crippen LogP contribution in [-0.2, 0) is 27.9 Å². The van der Waals surface area contributed by atoms with Crippen LogP contribution in [0.1, 0.15) is 251 Å². The van der Waals surface area contributed by atoms with Crippen LogP contribution >= 0.6 is 7.82 Å². The van der Waals surface area contributed by atoms with Crippen LogP contribution in [-0.4, -0.2) is 75.6 Å². The molecule has 0 aliphatic carbocycles. The number of phosphoric acid groups is 1. The molecule has 0 heterocycles. The summed E-state index contributed by atoms with van der Waals surface area (Å²) in [6.07, 6.45) is 63.1. The van der Waals surface area contributed by atoms with Gasteiger partial charge >= 0.3 is 13.8 Å². The third-order valence-corrected chi connectivity index (χ3v) is 13.1. The summed E-state index contributed by atoms with van der Waals surface area (Å²) < 4.78 is 35.2. The largest absolute Gasteiger partial charge is 0.472 e. The molecule has 0 radical (unpaired) electrons. The molecule has 8 nitrogen and oxygen atoms in total. The highest BCUT2D eigenvalue weighted by molar-refractivity contribution is 7.47. The zero-order valence-electron chi connectivity index (χ0n) is 44.2. The molecule has 0 bridgehead atoms. The Morgan fingerprint density at radius 3 is 1.32 bits per heavy atom. The first-order valence-electron chi connectivity index (χ1n) is 27.9. The maximum Gasteiger partial charge on any atom is 0.472 e. The number of quaternary nitrogens is 1. The van der Waals surface area contributed by atoms with E-state index in [4.69, 9.17) is 18.5 Å². The SMILES string of the molecule is CC/C=C\C/C=C\C/C=C\C/C=C\CCCCCCCCCCCOCC(COP(=O)(O)OCC[N+](C)(C)C)OC(=O)CCCCCCCCCCCCCCCCCCCCCCCC. The average Bonchev–Trinajstić information content (AvgIpc) is 3.28. The molecule has 2 unspecified atom stereocenters. The van der Waals surface area contributed by atoms with Crippen LogP contribution < -0.4 is 0 Å². The number of rotatable bonds is 52. The predicted octanol–water partition coefficient (Wildman–Crippen LogP) is 17.5. The maximum atomic E-state index is 12.8. The number of unbranched alkanes of at least 4 members (excludes halogenated alkanes) is 30. The van der Waals surface area contributed by atoms with Crippen LogP contribution in [0.15, 0.2) is 48.6 Å². The summed E-state index contributed by atoms with van der Waals surface area (Å²) in [5, 5.41) is 0. The van der Waals surface area contributed by atoms with Gasteiger partial charge in [0.05, 0.1) is 34.4 Å². The minimum Gasteiger partial charge on any atom is -0.457 e. The number of allylic oxidation sites excluding steroid dienone is 8. The number of hydrogen-bond acceptors (Lipinski definition) is 6. The van der Waals surface area contributed by atoms with Gasteiger partial charge in [0, 0.05) is 13.0 Å². The highest BCUT2D eigenvalue weighted by Gasteiger charge is 2.26. The molecule has 0 aromatic rings. The van der Waals surface area contributed by atoms with E-state index in [-0.39, 0.29) is 25.8 Å². The van der Waals surface area contributed by atoms with Crippen molar-refractivity contribution in [1.29, 1.82) is 0 Å². The summed E-state index contributed by atoms with van der Waals surface area (Å²) in [6.45, 7) is 5.54. The Morgan fingerprint density at radius 2 is 0.879 bits per heavy atom. The lowest BCUT2D eigenvalue weighted by atomic mass is 10.0. The molecular formula is C57H109NO7P+. The first kappa shape index (κ1) is 64.5. The van der Waals surface area contributed by atoms with E-state index < -0.39 is 13.9 Å². The van der Waals surface area contributed by atoms with Crippen LogP contribution in [0.4, 0.5) is 0 Å². The normalized spacial score (nSPS) is 13.8. The minimum absolute atomic E-state index is 0.0877. The Morgan fingerprint density at radius 1 is 0.485 bits per heavy atom. The number of carbonyl (C=O) groups is 1. The van der Waals surface area contributed by atoms with E-state index in [2.05, 4.69) is 62.5 Å². The molecule has 0 saturated carbocycles. The van der Waals surface area contributed by atoms with Crippen LogP contribution in [0.25, 0.3) is 0 Å². The summed E-state index contributed by atoms with van der Waals surface area (Å²) in [6, 6.07) is 0. The number of hydrogen-bond donors (Lipinski definition) is 1. The van der Waals surface area contributed by atoms with Crippen molar-refractivity contribution in [3.8, 4) is 0 Å². The Balaban J connectivity index is 4.08. The van der Waals surface area contributed by atoms with Crippen LogP contribution in [0.5, 0.6) is 0 Å². The molecular weight excluding hydrogens is 842 g/mol. The summed E-state index contributed by atoms with van der Waals surface area (Å²) in [7, 11) is 1.67. The van der Waals surface area contributed by atoms with Crippen LogP contribution in [0, 0.1) is 0 Å². The number of likely N-dealkylation sites (N-methyl/N-ethyl adjacent to an activating group) is 1. The third-order valence-electron chi connectivity index (χ3n) is 12.2. The molecule has 9 heteroatoms. The summed E-state index contributed by atoms with van der Waals surface area (Å²) in [4.78, 5) is 23.1. The van der Waals surface area contributed by atoms with Crippen molar-refractivity contribution >= 4 is 13.8 Å². The molecule has 66 heavy (non-hydrogen) atoms. The third kappa shape index (κ3) is 53.4. The van der Waals surface area contributed by atoms with Gasteiger partial charge in [-0.1, -0.05) is 242 Å². The molecule has 0 rings (SSSR count). The number of carbonyl (C=O) groups excluding carboxylic acids is 1. The molecule has 1 N–H and O–H groups in total. The Bertz CT molecular complexity index is 1200. The van der Waals surface area contributed by atoms with Crippen LogP contribution in [0.3, 0.4) is 0 Å². The maximum absolute atomic E-state index is 12.8. The standard InChI is InChI=1S/C57H108NO7P/c1-6-8-10-12-14-16-18-20-22-24-26-28-30-32-34-36-38-40-42-44-46-48-50-57(59)65-56(55-64-66(60,61)63-53-51-58(3,4)5)54-62-52-49-47-45-43-41-39-37-35-33-31-29-27-25-23-21-19-17-15-13-11-9-7-2/h9,11,15,17,21,23,27,29,56H,6-8,10,12-14,16,18-20,22,24-26,28,30-55H2,1-5H3/p+1/b11-9-,17-15-,23-21-,29-27-. The second-order valence-electron chi connectivity index (χ2n) is 19.9. The topological polar surface area (TPSA) is 91.3 Å². The van der Waals surface area contributed by atoms with Gasteiger partial charge in [0.25, 0.3) is 0 Å². The molecule has 0 spiro atoms. The van der Waals surface area contributed by atoms with E-state index in [9.17, 15) is 14.3 Å². The summed E-state index contributed by atoms with van der Waals surface area (Å²) >= 11 is 0. The number of ether oxygens (including phenoxy) is 2. The molecule has 388 valence electrons. The quantitative estimate of drug-likeness (QED) is 0.0213. The molecule has 2 atom stereocenters. The fourth-order valence-electron chi connectivity index (χ4n) is 7.90. The molecule has 0 amide bonds. The van der Waals surface area contributed by atoms with Crippen molar-refractivity contribution in [2.24, 2.45) is 0 Å². The Kier molecular flexibility index (Phi) is 48.7. The lowest BCUT2D eigenvalue weighted by molar-refractivity contribution is -0.870. The number of nitrogens with zero attached hydrogens (tertiary/aromatic N) is 1. The smallest absolute Gasteiger partial charge is 0.457 e. The van der Waals surface area contributed by atoms with Gasteiger partial charge in [0.15, 0.2) is 0 Å². The van der Waals surface area contributed by atoms with Crippen LogP contribution in [0.2, 0.25) is 0 Å². The van der Waals surface area contributed by atoms with Crippen molar-refractivity contribution in [1.82, 2.24) is 0 Å². The molecule has 0 saturated heterocycles. The average molecular weight is 951 g/mol. The van der Waals surface area contributed by atoms with Crippen molar-refractivity contribution < 1.29 is 37.3 Å². The van der Waals surface area contributed by atoms with Gasteiger partial charge in [-0.2, -0.15) is 0 Å². The minimum atomic E-state index is -4.28. The Hall–Kier alpha value is -1.54. The van der Waals surface area contributed by atoms with Gasteiger partial charge in [-0.15, -0.1) is 0 Å². The van der Waals surface area contributed by atoms with Gasteiger partial charge < -0.3 is 18.9 Å². The van der Waals surface area contributed by atoms with E-state index in [0.717, 1.165) is 57.8 Å². The number of esters is 1. The van der Waals surface area contributed by atoms with E-state index >= 15 is 0 Å². The van der Waals surface area contributed by atoms with Gasteiger partial charge in [-0.05, 0) is 51.4 Å². The van der Waals surface area contributed by atoms with Gasteiger partial charge in [-0.3, -0.25) is 13.8 Å². The van der Waals surface area contributed by atoms with Crippen molar-refractivity contribution in [2.45, 2.75) is 258 Å². The number of phosphoric ester groups is 1. The van der Waals surface area contributed by atoms with E-state index in [1.54, 1.807) is 0 Å². The summed E-state index contributed by atoms with van der Waals surface area (Å²) in [5.41, 5.74) is 0. The van der Waals surface area contributed by atoms with E-state index in [1.165, 1.54) is 173 Å². The molecule has 0 fully saturated rings. The fraction of sp³-hybridized carbons (Fsp3) is 0.842. The van der Waals surface area contributed by atoms with Gasteiger partial charge in [0.2, 0.25) is 0 Å². The molecule has 0 aromatic heterocycles. The highest BCUT2D eigenvalue weighted by atomic mass is 31.2. The zero-order valence-corrected chi connectivity index (χ0v) is 45.1. The first-order valence-corrected chi connectivity index (χ1v) is 29.4. The van der Waals surface area contributed by atoms with E-state index in [1.807, 2.05) is 21.1 Å². The lowest BCUT2D eigenvalue weighted by Gasteiger charge is -2.24. The monoisotopic (exact) mass is 951 g/mol. The van der Waals surface area contributed by atoms with Gasteiger partial charge in [-0.25, -0.2) is 4.57 Å². The van der Waals surface area contributed by atoms with Crippen molar-refractivity contribution in [3.63, 3.8) is 0 Å². The van der Waals surface area contributed by atoms with Crippen molar-refractivity contribution in [2.75, 3.05) is 54.1 Å². The second kappa shape index (κ2) is 49.9. The van der Waals surface area contributed by atoms with E-state index in [0.29, 0.717) is 24.1 Å². The second-order valence-corrected chi connectivity index (χ2v) is 21.4. The van der Waals surface area contributed by atoms with Crippen molar-refractivity contribution in [3.05, 3.63) is 48.6 Å². The first-order chi connectivity index (χ1) is 32.1. The Labute approximate surface area is 409 Å².